The molecule has 0 aliphatic rings. The zero-order valence-electron chi connectivity index (χ0n) is 10.2. The van der Waals surface area contributed by atoms with Crippen molar-refractivity contribution in [2.24, 2.45) is 0 Å². The molecule has 0 bridgehead atoms. The molecule has 7 heteroatoms. The van der Waals surface area contributed by atoms with Crippen molar-refractivity contribution in [2.75, 3.05) is 11.6 Å². The van der Waals surface area contributed by atoms with Gasteiger partial charge in [-0.05, 0) is 26.0 Å². The van der Waals surface area contributed by atoms with E-state index in [9.17, 15) is 17.6 Å². The first-order valence-corrected chi connectivity index (χ1v) is 6.94. The van der Waals surface area contributed by atoms with Crippen LogP contribution < -0.4 is 5.32 Å². The maximum atomic E-state index is 13.0. The lowest BCUT2D eigenvalue weighted by atomic mass is 10.2. The van der Waals surface area contributed by atoms with Crippen molar-refractivity contribution in [3.63, 3.8) is 0 Å². The number of halogens is 1. The summed E-state index contributed by atoms with van der Waals surface area (Å²) in [5.41, 5.74) is 0.0759. The van der Waals surface area contributed by atoms with Crippen molar-refractivity contribution in [1.29, 1.82) is 0 Å². The second-order valence-electron chi connectivity index (χ2n) is 4.40. The van der Waals surface area contributed by atoms with E-state index in [4.69, 9.17) is 5.11 Å². The van der Waals surface area contributed by atoms with Crippen LogP contribution in [0.5, 0.6) is 5.75 Å². The highest BCUT2D eigenvalue weighted by molar-refractivity contribution is 7.92. The molecule has 0 aliphatic carbocycles. The quantitative estimate of drug-likeness (QED) is 0.814. The van der Waals surface area contributed by atoms with Gasteiger partial charge in [-0.25, -0.2) is 12.8 Å². The smallest absolute Gasteiger partial charge is 0.245 e. The van der Waals surface area contributed by atoms with Gasteiger partial charge in [-0.2, -0.15) is 0 Å². The molecule has 1 aromatic carbocycles. The van der Waals surface area contributed by atoms with Crippen molar-refractivity contribution >= 4 is 21.4 Å². The number of rotatable bonds is 3. The molecule has 0 atom stereocenters. The summed E-state index contributed by atoms with van der Waals surface area (Å²) in [6, 6.07) is 3.25. The number of aromatic hydroxyl groups is 1. The van der Waals surface area contributed by atoms with E-state index in [0.29, 0.717) is 0 Å². The van der Waals surface area contributed by atoms with Crippen LogP contribution in [0.2, 0.25) is 0 Å². The highest BCUT2D eigenvalue weighted by Crippen LogP contribution is 2.22. The van der Waals surface area contributed by atoms with Crippen LogP contribution in [0, 0.1) is 5.82 Å². The number of amides is 1. The van der Waals surface area contributed by atoms with Crippen LogP contribution in [0.4, 0.5) is 10.1 Å². The molecule has 0 spiro atoms. The van der Waals surface area contributed by atoms with Gasteiger partial charge in [-0.3, -0.25) is 4.79 Å². The molecule has 0 saturated heterocycles. The Bertz CT molecular complexity index is 581. The number of hydrogen-bond acceptors (Lipinski definition) is 4. The largest absolute Gasteiger partial charge is 0.505 e. The number of sulfone groups is 1. The first-order chi connectivity index (χ1) is 8.05. The lowest BCUT2D eigenvalue weighted by molar-refractivity contribution is -0.117. The van der Waals surface area contributed by atoms with Crippen LogP contribution in [0.15, 0.2) is 18.2 Å². The summed E-state index contributed by atoms with van der Waals surface area (Å²) in [6.07, 6.45) is 0.948. The number of hydrogen-bond donors (Lipinski definition) is 2. The fourth-order valence-corrected chi connectivity index (χ4v) is 1.42. The minimum absolute atomic E-state index is 0.0759. The van der Waals surface area contributed by atoms with Gasteiger partial charge in [-0.1, -0.05) is 0 Å². The summed E-state index contributed by atoms with van der Waals surface area (Å²) in [5, 5.41) is 11.3. The molecule has 0 radical (unpaired) electrons. The third-order valence-electron chi connectivity index (χ3n) is 2.68. The standard InChI is InChI=1S/C11H14FNO4S/c1-11(2,18(3,16)17)10(15)13-7-4-5-9(14)8(12)6-7/h4-6,14H,1-3H3,(H,13,15). The van der Waals surface area contributed by atoms with Crippen molar-refractivity contribution in [3.05, 3.63) is 24.0 Å². The van der Waals surface area contributed by atoms with Crippen LogP contribution in [-0.2, 0) is 14.6 Å². The topological polar surface area (TPSA) is 83.5 Å². The molecule has 100 valence electrons. The lowest BCUT2D eigenvalue weighted by Gasteiger charge is -2.21. The van der Waals surface area contributed by atoms with Crippen LogP contribution in [0.3, 0.4) is 0 Å². The van der Waals surface area contributed by atoms with E-state index in [1.807, 2.05) is 0 Å². The molecule has 1 rings (SSSR count). The molecule has 1 aromatic rings. The van der Waals surface area contributed by atoms with Gasteiger partial charge < -0.3 is 10.4 Å². The van der Waals surface area contributed by atoms with E-state index < -0.39 is 32.1 Å². The van der Waals surface area contributed by atoms with Crippen molar-refractivity contribution in [1.82, 2.24) is 0 Å². The molecule has 0 aliphatic heterocycles. The summed E-state index contributed by atoms with van der Waals surface area (Å²) >= 11 is 0. The van der Waals surface area contributed by atoms with Gasteiger partial charge in [0.05, 0.1) is 0 Å². The van der Waals surface area contributed by atoms with E-state index in [0.717, 1.165) is 18.4 Å². The van der Waals surface area contributed by atoms with E-state index >= 15 is 0 Å². The normalized spacial score (nSPS) is 12.2. The number of phenolic OH excluding ortho intramolecular Hbond substituents is 1. The molecule has 0 aromatic heterocycles. The maximum Gasteiger partial charge on any atom is 0.245 e. The molecule has 5 nitrogen and oxygen atoms in total. The first kappa shape index (κ1) is 14.4. The average molecular weight is 275 g/mol. The Kier molecular flexibility index (Phi) is 3.66. The summed E-state index contributed by atoms with van der Waals surface area (Å²) in [4.78, 5) is 11.8. The number of anilines is 1. The van der Waals surface area contributed by atoms with Crippen molar-refractivity contribution in [3.8, 4) is 5.75 Å². The van der Waals surface area contributed by atoms with Gasteiger partial charge in [0.1, 0.15) is 4.75 Å². The second kappa shape index (κ2) is 4.56. The molecule has 0 unspecified atom stereocenters. The summed E-state index contributed by atoms with van der Waals surface area (Å²) in [6.45, 7) is 2.52. The SMILES string of the molecule is CC(C)(C(=O)Nc1ccc(O)c(F)c1)S(C)(=O)=O. The number of nitrogens with one attached hydrogen (secondary N) is 1. The Morgan fingerprint density at radius 1 is 1.39 bits per heavy atom. The van der Waals surface area contributed by atoms with Gasteiger partial charge in [0, 0.05) is 18.0 Å². The minimum atomic E-state index is -3.60. The first-order valence-electron chi connectivity index (χ1n) is 5.05. The Balaban J connectivity index is 2.99. The summed E-state index contributed by atoms with van der Waals surface area (Å²) in [7, 11) is -3.60. The highest BCUT2D eigenvalue weighted by atomic mass is 32.2. The lowest BCUT2D eigenvalue weighted by Crippen LogP contribution is -2.43. The van der Waals surface area contributed by atoms with E-state index in [2.05, 4.69) is 5.32 Å². The molecule has 18 heavy (non-hydrogen) atoms. The molecular weight excluding hydrogens is 261 g/mol. The van der Waals surface area contributed by atoms with Crippen LogP contribution in [0.1, 0.15) is 13.8 Å². The highest BCUT2D eigenvalue weighted by Gasteiger charge is 2.38. The molecular formula is C11H14FNO4S. The van der Waals surface area contributed by atoms with Crippen LogP contribution in [-0.4, -0.2) is 30.4 Å². The minimum Gasteiger partial charge on any atom is -0.505 e. The third-order valence-corrected chi connectivity index (χ3v) is 4.72. The van der Waals surface area contributed by atoms with Gasteiger partial charge in [-0.15, -0.1) is 0 Å². The number of phenols is 1. The Labute approximate surface area is 105 Å². The van der Waals surface area contributed by atoms with Gasteiger partial charge in [0.2, 0.25) is 5.91 Å². The zero-order chi connectivity index (χ0) is 14.1. The fraction of sp³-hybridized carbons (Fsp3) is 0.364. The fourth-order valence-electron chi connectivity index (χ4n) is 1.03. The molecule has 0 saturated carbocycles. The predicted molar refractivity (Wildman–Crippen MR) is 65.6 cm³/mol. The summed E-state index contributed by atoms with van der Waals surface area (Å²) < 4.78 is 34.3. The molecule has 1 amide bonds. The Morgan fingerprint density at radius 3 is 2.39 bits per heavy atom. The van der Waals surface area contributed by atoms with E-state index in [1.54, 1.807) is 0 Å². The monoisotopic (exact) mass is 275 g/mol. The zero-order valence-corrected chi connectivity index (χ0v) is 11.0. The Hall–Kier alpha value is -1.63. The predicted octanol–water partition coefficient (Wildman–Crippen LogP) is 1.29. The molecule has 0 heterocycles. The summed E-state index contributed by atoms with van der Waals surface area (Å²) in [5.74, 6) is -2.21. The van der Waals surface area contributed by atoms with E-state index in [-0.39, 0.29) is 5.69 Å². The third kappa shape index (κ3) is 2.79. The van der Waals surface area contributed by atoms with Crippen molar-refractivity contribution in [2.45, 2.75) is 18.6 Å². The number of carbonyl (C=O) groups is 1. The maximum absolute atomic E-state index is 13.0. The average Bonchev–Trinajstić information content (AvgIpc) is 2.21. The Morgan fingerprint density at radius 2 is 1.94 bits per heavy atom. The number of benzene rings is 1. The van der Waals surface area contributed by atoms with Crippen molar-refractivity contribution < 1.29 is 22.7 Å². The van der Waals surface area contributed by atoms with Gasteiger partial charge in [0.15, 0.2) is 21.4 Å². The van der Waals surface area contributed by atoms with E-state index in [1.165, 1.54) is 19.9 Å². The van der Waals surface area contributed by atoms with Crippen LogP contribution in [0.25, 0.3) is 0 Å². The van der Waals surface area contributed by atoms with Gasteiger partial charge in [0.25, 0.3) is 0 Å². The second-order valence-corrected chi connectivity index (χ2v) is 6.97. The molecule has 0 fully saturated rings. The van der Waals surface area contributed by atoms with Gasteiger partial charge >= 0.3 is 0 Å². The van der Waals surface area contributed by atoms with Crippen LogP contribution >= 0.6 is 0 Å². The number of carbonyl (C=O) groups excluding carboxylic acids is 1. The molecule has 2 N–H and O–H groups in total.